The maximum absolute atomic E-state index is 10.9. The highest BCUT2D eigenvalue weighted by Gasteiger charge is 2.06. The van der Waals surface area contributed by atoms with Crippen molar-refractivity contribution in [3.8, 4) is 0 Å². The Morgan fingerprint density at radius 2 is 2.33 bits per heavy atom. The largest absolute Gasteiger partial charge is 0.357 e. The van der Waals surface area contributed by atoms with E-state index in [9.17, 15) is 4.79 Å². The molecule has 0 rings (SSSR count). The van der Waals surface area contributed by atoms with Crippen LogP contribution in [0.2, 0.25) is 0 Å². The lowest BCUT2D eigenvalue weighted by Crippen LogP contribution is -2.72. The number of amidine groups is 1. The van der Waals surface area contributed by atoms with Gasteiger partial charge in [-0.05, 0) is 6.42 Å². The molecule has 0 saturated heterocycles. The van der Waals surface area contributed by atoms with Gasteiger partial charge in [0.15, 0.2) is 0 Å². The summed E-state index contributed by atoms with van der Waals surface area (Å²) in [6.07, 6.45) is 2.01. The van der Waals surface area contributed by atoms with E-state index < -0.39 is 0 Å². The minimum atomic E-state index is -0.178. The first kappa shape index (κ1) is 10.7. The molecule has 0 atom stereocenters. The van der Waals surface area contributed by atoms with Crippen LogP contribution in [-0.4, -0.2) is 23.5 Å². The van der Waals surface area contributed by atoms with Crippen molar-refractivity contribution >= 4 is 11.7 Å². The lowest BCUT2D eigenvalue weighted by Gasteiger charge is -2.00. The van der Waals surface area contributed by atoms with Crippen LogP contribution in [0.25, 0.3) is 0 Å². The second-order valence-electron chi connectivity index (χ2n) is 2.52. The summed E-state index contributed by atoms with van der Waals surface area (Å²) in [5.74, 6) is -0.119. The van der Waals surface area contributed by atoms with Crippen molar-refractivity contribution < 1.29 is 15.2 Å². The molecular weight excluding hydrogens is 158 g/mol. The number of carbonyl (C=O) groups is 1. The zero-order valence-corrected chi connectivity index (χ0v) is 7.26. The molecule has 0 unspecified atom stereocenters. The Morgan fingerprint density at radius 1 is 1.67 bits per heavy atom. The van der Waals surface area contributed by atoms with Gasteiger partial charge in [0.05, 0.1) is 0 Å². The van der Waals surface area contributed by atoms with Gasteiger partial charge >= 0.3 is 0 Å². The molecule has 0 spiro atoms. The van der Waals surface area contributed by atoms with Crippen molar-refractivity contribution in [3.05, 3.63) is 0 Å². The molecule has 0 heterocycles. The molecule has 70 valence electrons. The summed E-state index contributed by atoms with van der Waals surface area (Å²) in [4.78, 5) is 10.9. The summed E-state index contributed by atoms with van der Waals surface area (Å²) in [6.45, 7) is 2.70. The minimum Gasteiger partial charge on any atom is -0.357 e. The van der Waals surface area contributed by atoms with Crippen molar-refractivity contribution in [2.75, 3.05) is 6.54 Å². The van der Waals surface area contributed by atoms with E-state index >= 15 is 0 Å². The second-order valence-corrected chi connectivity index (χ2v) is 2.52. The standard InChI is InChI=1S/C7H15N3O2/c1-2-3-4-9-7(11)5-6(8)10-12/h12H,2-5H2,1H3,(H2,8,10)(H,9,11)/p+1. The van der Waals surface area contributed by atoms with Gasteiger partial charge in [0.1, 0.15) is 6.42 Å². The summed E-state index contributed by atoms with van der Waals surface area (Å²) < 4.78 is 0. The van der Waals surface area contributed by atoms with Crippen LogP contribution in [0.15, 0.2) is 0 Å². The number of carbonyl (C=O) groups excluding carboxylic acids is 1. The quantitative estimate of drug-likeness (QED) is 0.129. The van der Waals surface area contributed by atoms with Crippen LogP contribution in [0.3, 0.4) is 0 Å². The fourth-order valence-corrected chi connectivity index (χ4v) is 0.680. The lowest BCUT2D eigenvalue weighted by atomic mass is 10.3. The summed E-state index contributed by atoms with van der Waals surface area (Å²) in [5, 5.41) is 12.6. The Bertz CT molecular complexity index is 168. The third-order valence-corrected chi connectivity index (χ3v) is 1.35. The fourth-order valence-electron chi connectivity index (χ4n) is 0.680. The van der Waals surface area contributed by atoms with E-state index in [0.29, 0.717) is 6.54 Å². The van der Waals surface area contributed by atoms with Crippen molar-refractivity contribution in [2.24, 2.45) is 5.73 Å². The first-order chi connectivity index (χ1) is 5.70. The molecule has 0 aromatic rings. The minimum absolute atomic E-state index is 0.0141. The van der Waals surface area contributed by atoms with Crippen molar-refractivity contribution in [3.63, 3.8) is 0 Å². The molecule has 0 fully saturated rings. The average molecular weight is 174 g/mol. The van der Waals surface area contributed by atoms with Crippen LogP contribution in [0.5, 0.6) is 0 Å². The molecule has 5 N–H and O–H groups in total. The fraction of sp³-hybridized carbons (Fsp3) is 0.714. The van der Waals surface area contributed by atoms with Gasteiger partial charge in [-0.15, -0.1) is 0 Å². The van der Waals surface area contributed by atoms with Gasteiger partial charge in [0, 0.05) is 6.54 Å². The molecule has 0 aromatic carbocycles. The molecule has 0 aliphatic heterocycles. The Labute approximate surface area is 71.6 Å². The van der Waals surface area contributed by atoms with Crippen molar-refractivity contribution in [1.82, 2.24) is 5.32 Å². The van der Waals surface area contributed by atoms with Gasteiger partial charge in [-0.25, -0.2) is 0 Å². The predicted molar refractivity (Wildman–Crippen MR) is 44.5 cm³/mol. The van der Waals surface area contributed by atoms with Gasteiger partial charge < -0.3 is 10.5 Å². The lowest BCUT2D eigenvalue weighted by molar-refractivity contribution is -0.738. The van der Waals surface area contributed by atoms with E-state index in [1.54, 1.807) is 5.16 Å². The molecule has 1 amide bonds. The van der Waals surface area contributed by atoms with Gasteiger partial charge in [0.25, 0.3) is 5.84 Å². The van der Waals surface area contributed by atoms with E-state index in [2.05, 4.69) is 5.32 Å². The van der Waals surface area contributed by atoms with E-state index in [4.69, 9.17) is 10.9 Å². The van der Waals surface area contributed by atoms with Crippen molar-refractivity contribution in [2.45, 2.75) is 26.2 Å². The first-order valence-electron chi connectivity index (χ1n) is 3.98. The van der Waals surface area contributed by atoms with Gasteiger partial charge in [-0.2, -0.15) is 0 Å². The summed E-state index contributed by atoms with van der Waals surface area (Å²) in [7, 11) is 0. The van der Waals surface area contributed by atoms with Crippen LogP contribution in [-0.2, 0) is 4.79 Å². The van der Waals surface area contributed by atoms with Crippen molar-refractivity contribution in [1.29, 1.82) is 0 Å². The normalized spacial score (nSPS) is 11.2. The van der Waals surface area contributed by atoms with Gasteiger partial charge in [-0.3, -0.25) is 10.5 Å². The molecule has 0 aromatic heterocycles. The molecule has 0 radical (unpaired) electrons. The smallest absolute Gasteiger partial charge is 0.288 e. The highest BCUT2D eigenvalue weighted by molar-refractivity contribution is 5.96. The molecule has 0 bridgehead atoms. The molecule has 5 nitrogen and oxygen atoms in total. The highest BCUT2D eigenvalue weighted by Crippen LogP contribution is 1.83. The molecule has 0 saturated carbocycles. The van der Waals surface area contributed by atoms with E-state index in [1.807, 2.05) is 6.92 Å². The number of amides is 1. The topological polar surface area (TPSA) is 89.3 Å². The third-order valence-electron chi connectivity index (χ3n) is 1.35. The Morgan fingerprint density at radius 3 is 2.83 bits per heavy atom. The highest BCUT2D eigenvalue weighted by atomic mass is 16.4. The Balaban J connectivity index is 3.47. The SMILES string of the molecule is CCCCNC(=O)CC(N)=[NH+]O. The number of hydrogen-bond donors (Lipinski definition) is 4. The van der Waals surface area contributed by atoms with Crippen LogP contribution in [0.4, 0.5) is 0 Å². The third kappa shape index (κ3) is 5.52. The van der Waals surface area contributed by atoms with Crippen LogP contribution < -0.4 is 16.2 Å². The molecule has 12 heavy (non-hydrogen) atoms. The zero-order valence-electron chi connectivity index (χ0n) is 7.26. The summed E-state index contributed by atoms with van der Waals surface area (Å²) >= 11 is 0. The number of unbranched alkanes of at least 4 members (excludes halogenated alkanes) is 1. The van der Waals surface area contributed by atoms with Crippen LogP contribution >= 0.6 is 0 Å². The number of nitrogens with one attached hydrogen (secondary N) is 2. The van der Waals surface area contributed by atoms with Crippen LogP contribution in [0, 0.1) is 0 Å². The zero-order chi connectivity index (χ0) is 9.40. The van der Waals surface area contributed by atoms with Crippen LogP contribution in [0.1, 0.15) is 26.2 Å². The maximum atomic E-state index is 10.9. The van der Waals surface area contributed by atoms with E-state index in [0.717, 1.165) is 12.8 Å². The number of hydrogen-bond acceptors (Lipinski definition) is 2. The van der Waals surface area contributed by atoms with Gasteiger partial charge in [-0.1, -0.05) is 18.5 Å². The summed E-state index contributed by atoms with van der Waals surface area (Å²) in [5.41, 5.74) is 5.17. The predicted octanol–water partition coefficient (Wildman–Crippen LogP) is -1.88. The second kappa shape index (κ2) is 6.45. The molecule has 0 aliphatic rings. The monoisotopic (exact) mass is 174 g/mol. The maximum Gasteiger partial charge on any atom is 0.288 e. The number of nitrogens with two attached hydrogens (primary N) is 1. The first-order valence-corrected chi connectivity index (χ1v) is 3.98. The molecule has 5 heteroatoms. The molecule has 0 aliphatic carbocycles. The Kier molecular flexibility index (Phi) is 5.77. The van der Waals surface area contributed by atoms with Gasteiger partial charge in [0.2, 0.25) is 5.91 Å². The van der Waals surface area contributed by atoms with E-state index in [1.165, 1.54) is 0 Å². The Hall–Kier alpha value is -1.26. The average Bonchev–Trinajstić information content (AvgIpc) is 2.05. The summed E-state index contributed by atoms with van der Waals surface area (Å²) in [6, 6.07) is 0. The molecular formula is C7H16N3O2+. The number of rotatable bonds is 5. The van der Waals surface area contributed by atoms with E-state index in [-0.39, 0.29) is 18.2 Å².